The number of amides is 1. The summed E-state index contributed by atoms with van der Waals surface area (Å²) in [6.45, 7) is 4.37. The number of hydrogen-bond acceptors (Lipinski definition) is 5. The minimum Gasteiger partial charge on any atom is -0.306 e. The molecule has 1 aliphatic heterocycles. The highest BCUT2D eigenvalue weighted by molar-refractivity contribution is 7.20. The average molecular weight is 468 g/mol. The van der Waals surface area contributed by atoms with Gasteiger partial charge >= 0.3 is 0 Å². The summed E-state index contributed by atoms with van der Waals surface area (Å²) in [5.74, 6) is 1.07. The molecule has 0 atom stereocenters. The Hall–Kier alpha value is -2.97. The van der Waals surface area contributed by atoms with Crippen LogP contribution in [-0.2, 0) is 13.0 Å². The van der Waals surface area contributed by atoms with Gasteiger partial charge in [-0.1, -0.05) is 24.1 Å². The molecule has 5 rings (SSSR count). The summed E-state index contributed by atoms with van der Waals surface area (Å²) in [7, 11) is 0. The van der Waals surface area contributed by atoms with E-state index in [-0.39, 0.29) is 11.5 Å². The highest BCUT2D eigenvalue weighted by Gasteiger charge is 2.23. The molecule has 164 valence electrons. The van der Waals surface area contributed by atoms with Crippen LogP contribution in [0.2, 0.25) is 5.02 Å². The molecule has 1 N–H and O–H groups in total. The molecule has 4 heterocycles. The lowest BCUT2D eigenvalue weighted by Gasteiger charge is -2.09. The van der Waals surface area contributed by atoms with Gasteiger partial charge in [0.1, 0.15) is 16.5 Å². The van der Waals surface area contributed by atoms with Crippen LogP contribution in [0, 0.1) is 13.8 Å². The van der Waals surface area contributed by atoms with Crippen LogP contribution in [0.4, 0.5) is 5.82 Å². The summed E-state index contributed by atoms with van der Waals surface area (Å²) in [5.41, 5.74) is 2.14. The van der Waals surface area contributed by atoms with E-state index in [1.165, 1.54) is 11.3 Å². The fourth-order valence-electron chi connectivity index (χ4n) is 4.19. The first kappa shape index (κ1) is 20.9. The van der Waals surface area contributed by atoms with Gasteiger partial charge in [0.15, 0.2) is 0 Å². The van der Waals surface area contributed by atoms with Gasteiger partial charge in [-0.15, -0.1) is 11.3 Å². The number of nitrogens with zero attached hydrogens (tertiary/aromatic N) is 4. The number of benzene rings is 1. The van der Waals surface area contributed by atoms with Gasteiger partial charge in [0.25, 0.3) is 11.5 Å². The number of hydrogen-bond donors (Lipinski definition) is 1. The Labute approximate surface area is 193 Å². The number of aryl methyl sites for hydroxylation is 3. The molecule has 4 aromatic rings. The van der Waals surface area contributed by atoms with Gasteiger partial charge < -0.3 is 5.32 Å². The van der Waals surface area contributed by atoms with E-state index in [0.717, 1.165) is 42.9 Å². The lowest BCUT2D eigenvalue weighted by molar-refractivity contribution is 0.102. The molecule has 7 nitrogen and oxygen atoms in total. The number of aromatic nitrogens is 4. The van der Waals surface area contributed by atoms with Gasteiger partial charge in [0, 0.05) is 24.1 Å². The summed E-state index contributed by atoms with van der Waals surface area (Å²) >= 11 is 7.40. The number of anilines is 1. The normalized spacial score (nSPS) is 13.7. The standard InChI is InChI=1S/C23H22ClN5O2S/c1-13-11-18(29(27-13)16-8-6-7-15(24)12-16)25-21(30)20-14(2)19-22(32-20)26-17-9-4-3-5-10-28(17)23(19)31/h6-8,11-12H,3-5,9-10H2,1-2H3,(H,25,30). The Morgan fingerprint density at radius 1 is 1.19 bits per heavy atom. The summed E-state index contributed by atoms with van der Waals surface area (Å²) in [5, 5.41) is 8.58. The van der Waals surface area contributed by atoms with Crippen molar-refractivity contribution < 1.29 is 4.79 Å². The zero-order valence-corrected chi connectivity index (χ0v) is 19.4. The maximum absolute atomic E-state index is 13.2. The first-order chi connectivity index (χ1) is 15.4. The molecule has 0 unspecified atom stereocenters. The quantitative estimate of drug-likeness (QED) is 0.465. The molecule has 0 radical (unpaired) electrons. The molecule has 9 heteroatoms. The molecule has 3 aromatic heterocycles. The van der Waals surface area contributed by atoms with Gasteiger partial charge in [-0.25, -0.2) is 9.67 Å². The van der Waals surface area contributed by atoms with E-state index in [4.69, 9.17) is 16.6 Å². The Bertz CT molecular complexity index is 1420. The van der Waals surface area contributed by atoms with Gasteiger partial charge in [-0.05, 0) is 50.5 Å². The first-order valence-corrected chi connectivity index (χ1v) is 11.8. The van der Waals surface area contributed by atoms with Crippen LogP contribution in [0.1, 0.15) is 46.0 Å². The van der Waals surface area contributed by atoms with Crippen LogP contribution in [0.5, 0.6) is 0 Å². The largest absolute Gasteiger partial charge is 0.306 e. The topological polar surface area (TPSA) is 81.8 Å². The van der Waals surface area contributed by atoms with Gasteiger partial charge in [0.2, 0.25) is 0 Å². The van der Waals surface area contributed by atoms with Crippen molar-refractivity contribution in [1.29, 1.82) is 0 Å². The number of halogens is 1. The zero-order valence-electron chi connectivity index (χ0n) is 17.8. The minimum atomic E-state index is -0.284. The van der Waals surface area contributed by atoms with Crippen LogP contribution in [0.15, 0.2) is 35.1 Å². The summed E-state index contributed by atoms with van der Waals surface area (Å²) in [6, 6.07) is 9.08. The van der Waals surface area contributed by atoms with E-state index < -0.39 is 0 Å². The Morgan fingerprint density at radius 2 is 2.03 bits per heavy atom. The molecule has 0 spiro atoms. The number of carbonyl (C=O) groups is 1. The predicted molar refractivity (Wildman–Crippen MR) is 127 cm³/mol. The van der Waals surface area contributed by atoms with E-state index in [2.05, 4.69) is 10.4 Å². The molecule has 1 amide bonds. The van der Waals surface area contributed by atoms with E-state index >= 15 is 0 Å². The van der Waals surface area contributed by atoms with E-state index in [0.29, 0.717) is 38.0 Å². The van der Waals surface area contributed by atoms with Gasteiger partial charge in [-0.2, -0.15) is 5.10 Å². The Kier molecular flexibility index (Phi) is 5.35. The minimum absolute atomic E-state index is 0.0421. The summed E-state index contributed by atoms with van der Waals surface area (Å²) in [6.07, 6.45) is 3.90. The second kappa shape index (κ2) is 8.18. The maximum Gasteiger partial charge on any atom is 0.267 e. The second-order valence-corrected chi connectivity index (χ2v) is 9.48. The van der Waals surface area contributed by atoms with Crippen LogP contribution in [0.25, 0.3) is 15.9 Å². The predicted octanol–water partition coefficient (Wildman–Crippen LogP) is 4.89. The highest BCUT2D eigenvalue weighted by Crippen LogP contribution is 2.29. The molecule has 0 saturated heterocycles. The number of nitrogens with one attached hydrogen (secondary N) is 1. The highest BCUT2D eigenvalue weighted by atomic mass is 35.5. The Morgan fingerprint density at radius 3 is 2.84 bits per heavy atom. The molecule has 1 aromatic carbocycles. The summed E-state index contributed by atoms with van der Waals surface area (Å²) in [4.78, 5) is 32.3. The molecular formula is C23H22ClN5O2S. The van der Waals surface area contributed by atoms with Gasteiger partial charge in [-0.3, -0.25) is 14.2 Å². The summed E-state index contributed by atoms with van der Waals surface area (Å²) < 4.78 is 3.44. The fraction of sp³-hybridized carbons (Fsp3) is 0.304. The molecule has 0 saturated carbocycles. The third-order valence-corrected chi connectivity index (χ3v) is 7.16. The van der Waals surface area contributed by atoms with Crippen LogP contribution >= 0.6 is 22.9 Å². The molecule has 0 bridgehead atoms. The van der Waals surface area contributed by atoms with Crippen LogP contribution in [0.3, 0.4) is 0 Å². The van der Waals surface area contributed by atoms with Crippen molar-refractivity contribution in [2.24, 2.45) is 0 Å². The van der Waals surface area contributed by atoms with Crippen molar-refractivity contribution in [3.63, 3.8) is 0 Å². The van der Waals surface area contributed by atoms with E-state index in [1.54, 1.807) is 27.4 Å². The molecule has 0 aliphatic carbocycles. The third kappa shape index (κ3) is 3.63. The number of thiophene rings is 1. The number of rotatable bonds is 3. The third-order valence-electron chi connectivity index (χ3n) is 5.74. The lowest BCUT2D eigenvalue weighted by atomic mass is 10.2. The molecule has 32 heavy (non-hydrogen) atoms. The van der Waals surface area contributed by atoms with Crippen LogP contribution in [-0.4, -0.2) is 25.2 Å². The zero-order chi connectivity index (χ0) is 22.4. The van der Waals surface area contributed by atoms with E-state index in [9.17, 15) is 9.59 Å². The molecule has 1 aliphatic rings. The van der Waals surface area contributed by atoms with Crippen molar-refractivity contribution in [2.75, 3.05) is 5.32 Å². The van der Waals surface area contributed by atoms with Crippen molar-refractivity contribution in [2.45, 2.75) is 46.1 Å². The van der Waals surface area contributed by atoms with Crippen LogP contribution < -0.4 is 10.9 Å². The van der Waals surface area contributed by atoms with E-state index in [1.807, 2.05) is 26.0 Å². The fourth-order valence-corrected chi connectivity index (χ4v) is 5.46. The smallest absolute Gasteiger partial charge is 0.267 e. The second-order valence-electron chi connectivity index (χ2n) is 8.05. The first-order valence-electron chi connectivity index (χ1n) is 10.6. The Balaban J connectivity index is 1.54. The average Bonchev–Trinajstić information content (AvgIpc) is 3.18. The van der Waals surface area contributed by atoms with Crippen molar-refractivity contribution in [3.8, 4) is 5.69 Å². The molecular weight excluding hydrogens is 446 g/mol. The lowest BCUT2D eigenvalue weighted by Crippen LogP contribution is -2.24. The molecule has 0 fully saturated rings. The van der Waals surface area contributed by atoms with Gasteiger partial charge in [0.05, 0.1) is 21.6 Å². The van der Waals surface area contributed by atoms with Crippen molar-refractivity contribution >= 4 is 44.9 Å². The monoisotopic (exact) mass is 467 g/mol. The SMILES string of the molecule is Cc1cc(NC(=O)c2sc3nc4n(c(=O)c3c2C)CCCCC4)n(-c2cccc(Cl)c2)n1. The number of carbonyl (C=O) groups excluding carboxylic acids is 1. The number of fused-ring (bicyclic) bond motifs is 2. The maximum atomic E-state index is 13.2. The van der Waals surface area contributed by atoms with Crippen molar-refractivity contribution in [1.82, 2.24) is 19.3 Å². The van der Waals surface area contributed by atoms with Crippen molar-refractivity contribution in [3.05, 3.63) is 67.7 Å².